The molecule has 0 saturated carbocycles. The van der Waals surface area contributed by atoms with Gasteiger partial charge in [-0.05, 0) is 31.2 Å². The zero-order valence-electron chi connectivity index (χ0n) is 15.6. The van der Waals surface area contributed by atoms with Crippen LogP contribution in [0, 0.1) is 0 Å². The van der Waals surface area contributed by atoms with Gasteiger partial charge in [0.1, 0.15) is 9.79 Å². The van der Waals surface area contributed by atoms with Crippen molar-refractivity contribution in [3.05, 3.63) is 54.4 Å². The van der Waals surface area contributed by atoms with Gasteiger partial charge in [-0.2, -0.15) is 8.61 Å². The molecule has 0 amide bonds. The van der Waals surface area contributed by atoms with Gasteiger partial charge < -0.3 is 0 Å². The van der Waals surface area contributed by atoms with Crippen LogP contribution in [0.1, 0.15) is 6.92 Å². The molecule has 0 bridgehead atoms. The second-order valence-electron chi connectivity index (χ2n) is 6.67. The van der Waals surface area contributed by atoms with Crippen LogP contribution in [0.5, 0.6) is 0 Å². The maximum Gasteiger partial charge on any atom is 0.244 e. The molecule has 1 atom stereocenters. The molecule has 0 aromatic heterocycles. The summed E-state index contributed by atoms with van der Waals surface area (Å²) >= 11 is 35.9. The summed E-state index contributed by atoms with van der Waals surface area (Å²) in [6, 6.07) is 4.48. The van der Waals surface area contributed by atoms with E-state index in [1.807, 2.05) is 0 Å². The molecule has 31 heavy (non-hydrogen) atoms. The van der Waals surface area contributed by atoms with Crippen molar-refractivity contribution in [2.75, 3.05) is 19.6 Å². The Kier molecular flexibility index (Phi) is 7.71. The lowest BCUT2D eigenvalue weighted by atomic mass is 10.3. The lowest BCUT2D eigenvalue weighted by Gasteiger charge is -2.38. The smallest absolute Gasteiger partial charge is 0.207 e. The maximum absolute atomic E-state index is 13.2. The van der Waals surface area contributed by atoms with Gasteiger partial charge in [-0.3, -0.25) is 0 Å². The minimum Gasteiger partial charge on any atom is -0.207 e. The third-order valence-corrected chi connectivity index (χ3v) is 11.5. The molecule has 0 spiro atoms. The molecule has 14 heteroatoms. The summed E-state index contributed by atoms with van der Waals surface area (Å²) in [7, 11) is -8.11. The van der Waals surface area contributed by atoms with Crippen LogP contribution in [-0.2, 0) is 20.0 Å². The van der Waals surface area contributed by atoms with E-state index >= 15 is 0 Å². The highest BCUT2D eigenvalue weighted by atomic mass is 35.5. The summed E-state index contributed by atoms with van der Waals surface area (Å²) in [6.45, 7) is 1.25. The molecule has 0 unspecified atom stereocenters. The average Bonchev–Trinajstić information content (AvgIpc) is 2.69. The number of sulfonamides is 2. The molecular weight excluding hydrogens is 573 g/mol. The van der Waals surface area contributed by atoms with Crippen LogP contribution >= 0.6 is 69.6 Å². The topological polar surface area (TPSA) is 74.8 Å². The highest BCUT2D eigenvalue weighted by molar-refractivity contribution is 7.89. The highest BCUT2D eigenvalue weighted by Gasteiger charge is 2.40. The van der Waals surface area contributed by atoms with Crippen molar-refractivity contribution >= 4 is 89.7 Å². The Morgan fingerprint density at radius 3 is 1.61 bits per heavy atom. The van der Waals surface area contributed by atoms with Crippen molar-refractivity contribution in [1.29, 1.82) is 0 Å². The number of benzene rings is 2. The third kappa shape index (κ3) is 4.67. The molecule has 1 saturated heterocycles. The lowest BCUT2D eigenvalue weighted by molar-refractivity contribution is 0.212. The van der Waals surface area contributed by atoms with Crippen molar-refractivity contribution in [3.8, 4) is 0 Å². The fraction of sp³-hybridized carbons (Fsp3) is 0.294. The molecule has 2 aromatic rings. The maximum atomic E-state index is 13.2. The molecule has 1 fully saturated rings. The van der Waals surface area contributed by atoms with Gasteiger partial charge in [-0.25, -0.2) is 16.8 Å². The molecular formula is C17H14Cl6N2O4S2. The Morgan fingerprint density at radius 2 is 1.16 bits per heavy atom. The molecule has 0 N–H and O–H groups in total. The van der Waals surface area contributed by atoms with Crippen molar-refractivity contribution in [1.82, 2.24) is 8.61 Å². The predicted octanol–water partition coefficient (Wildman–Crippen LogP) is 5.69. The summed E-state index contributed by atoms with van der Waals surface area (Å²) < 4.78 is 54.8. The molecule has 0 aliphatic carbocycles. The second-order valence-corrected chi connectivity index (χ2v) is 12.8. The molecule has 1 heterocycles. The van der Waals surface area contributed by atoms with Gasteiger partial charge in [0.15, 0.2) is 0 Å². The normalized spacial score (nSPS) is 19.0. The number of halogens is 6. The first-order chi connectivity index (χ1) is 14.3. The van der Waals surface area contributed by atoms with Crippen molar-refractivity contribution < 1.29 is 16.8 Å². The Bertz CT molecular complexity index is 1250. The van der Waals surface area contributed by atoms with Gasteiger partial charge in [0.05, 0.1) is 30.1 Å². The fourth-order valence-electron chi connectivity index (χ4n) is 3.16. The Hall–Kier alpha value is -0.000000000000000278. The van der Waals surface area contributed by atoms with E-state index in [2.05, 4.69) is 0 Å². The Labute approximate surface area is 210 Å². The average molecular weight is 587 g/mol. The molecule has 6 nitrogen and oxygen atoms in total. The van der Waals surface area contributed by atoms with E-state index in [-0.39, 0.29) is 59.6 Å². The van der Waals surface area contributed by atoms with E-state index in [0.29, 0.717) is 0 Å². The first-order valence-corrected chi connectivity index (χ1v) is 13.7. The minimum atomic E-state index is -4.06. The first kappa shape index (κ1) is 25.6. The lowest BCUT2D eigenvalue weighted by Crippen LogP contribution is -2.55. The molecule has 1 aliphatic rings. The van der Waals surface area contributed by atoms with Crippen LogP contribution < -0.4 is 0 Å². The molecule has 3 rings (SSSR count). The summed E-state index contributed by atoms with van der Waals surface area (Å²) in [4.78, 5) is -0.418. The van der Waals surface area contributed by atoms with Crippen LogP contribution in [0.25, 0.3) is 0 Å². The fourth-order valence-corrected chi connectivity index (χ4v) is 8.20. The van der Waals surface area contributed by atoms with Gasteiger partial charge >= 0.3 is 0 Å². The second kappa shape index (κ2) is 9.33. The number of piperazine rings is 1. The van der Waals surface area contributed by atoms with Crippen LogP contribution in [0.15, 0.2) is 34.1 Å². The Balaban J connectivity index is 1.91. The highest BCUT2D eigenvalue weighted by Crippen LogP contribution is 2.39. The molecule has 2 aromatic carbocycles. The Morgan fingerprint density at radius 1 is 0.710 bits per heavy atom. The van der Waals surface area contributed by atoms with Gasteiger partial charge in [0, 0.05) is 25.7 Å². The van der Waals surface area contributed by atoms with E-state index in [0.717, 1.165) is 4.31 Å². The third-order valence-electron chi connectivity index (χ3n) is 4.73. The monoisotopic (exact) mass is 584 g/mol. The zero-order valence-corrected chi connectivity index (χ0v) is 21.8. The number of hydrogen-bond donors (Lipinski definition) is 0. The first-order valence-electron chi connectivity index (χ1n) is 8.59. The molecule has 1 aliphatic heterocycles. The summed E-state index contributed by atoms with van der Waals surface area (Å²) in [5.41, 5.74) is 0. The summed E-state index contributed by atoms with van der Waals surface area (Å²) in [6.07, 6.45) is 0. The van der Waals surface area contributed by atoms with Gasteiger partial charge in [0.25, 0.3) is 0 Å². The van der Waals surface area contributed by atoms with Crippen LogP contribution in [0.3, 0.4) is 0 Å². The van der Waals surface area contributed by atoms with Crippen LogP contribution in [0.2, 0.25) is 30.1 Å². The van der Waals surface area contributed by atoms with Gasteiger partial charge in [-0.15, -0.1) is 0 Å². The van der Waals surface area contributed by atoms with Gasteiger partial charge in [0.2, 0.25) is 20.0 Å². The SMILES string of the molecule is C[C@@H]1CN(S(=O)(=O)c2ccc(Cl)c(Cl)c2Cl)CCN1S(=O)(=O)c1ccc(Cl)c(Cl)c1Cl. The molecule has 170 valence electrons. The van der Waals surface area contributed by atoms with Crippen LogP contribution in [0.4, 0.5) is 0 Å². The number of rotatable bonds is 4. The number of hydrogen-bond acceptors (Lipinski definition) is 4. The van der Waals surface area contributed by atoms with Crippen molar-refractivity contribution in [2.24, 2.45) is 0 Å². The van der Waals surface area contributed by atoms with Crippen molar-refractivity contribution in [3.63, 3.8) is 0 Å². The predicted molar refractivity (Wildman–Crippen MR) is 125 cm³/mol. The van der Waals surface area contributed by atoms with Crippen molar-refractivity contribution in [2.45, 2.75) is 22.8 Å². The van der Waals surface area contributed by atoms with E-state index in [1.165, 1.54) is 28.6 Å². The zero-order chi connectivity index (χ0) is 23.3. The van der Waals surface area contributed by atoms with E-state index < -0.39 is 26.1 Å². The summed E-state index contributed by atoms with van der Waals surface area (Å²) in [5.74, 6) is 0. The molecule has 0 radical (unpaired) electrons. The summed E-state index contributed by atoms with van der Waals surface area (Å²) in [5, 5.41) is -0.305. The quantitative estimate of drug-likeness (QED) is 0.431. The van der Waals surface area contributed by atoms with E-state index in [9.17, 15) is 16.8 Å². The van der Waals surface area contributed by atoms with E-state index in [1.54, 1.807) is 6.92 Å². The standard InChI is InChI=1S/C17H14Cl6N2O4S2/c1-9-8-24(30(26,27)12-4-2-10(18)14(20)16(12)22)6-7-25(9)31(28,29)13-5-3-11(19)15(21)17(13)23/h2-5,9H,6-8H2,1H3/t9-/m1/s1. The minimum absolute atomic E-state index is 0.0760. The van der Waals surface area contributed by atoms with Crippen LogP contribution in [-0.4, -0.2) is 51.1 Å². The van der Waals surface area contributed by atoms with E-state index in [4.69, 9.17) is 69.6 Å². The van der Waals surface area contributed by atoms with Gasteiger partial charge in [-0.1, -0.05) is 69.6 Å². The number of nitrogens with zero attached hydrogens (tertiary/aromatic N) is 2. The largest absolute Gasteiger partial charge is 0.244 e.